The number of hydrogen-bond acceptors (Lipinski definition) is 3. The lowest BCUT2D eigenvalue weighted by Gasteiger charge is -2.32. The average Bonchev–Trinajstić information content (AvgIpc) is 3.18. The highest BCUT2D eigenvalue weighted by Crippen LogP contribution is 2.31. The molecule has 4 nitrogen and oxygen atoms in total. The number of carbonyl (C=O) groups is 1. The van der Waals surface area contributed by atoms with Crippen molar-refractivity contribution in [1.29, 1.82) is 0 Å². The van der Waals surface area contributed by atoms with E-state index in [2.05, 4.69) is 31.2 Å². The summed E-state index contributed by atoms with van der Waals surface area (Å²) in [6, 6.07) is 4.10. The van der Waals surface area contributed by atoms with Crippen molar-refractivity contribution in [3.63, 3.8) is 0 Å². The predicted molar refractivity (Wildman–Crippen MR) is 95.2 cm³/mol. The quantitative estimate of drug-likeness (QED) is 0.827. The molecule has 0 spiro atoms. The summed E-state index contributed by atoms with van der Waals surface area (Å²) < 4.78 is 1.84. The molecule has 124 valence electrons. The van der Waals surface area contributed by atoms with Gasteiger partial charge in [0.1, 0.15) is 0 Å². The molecule has 0 aromatic carbocycles. The maximum absolute atomic E-state index is 13.0. The highest BCUT2D eigenvalue weighted by atomic mass is 32.1. The van der Waals surface area contributed by atoms with Gasteiger partial charge in [0.2, 0.25) is 5.91 Å². The molecule has 0 bridgehead atoms. The van der Waals surface area contributed by atoms with Crippen LogP contribution in [0.2, 0.25) is 0 Å². The van der Waals surface area contributed by atoms with Crippen LogP contribution in [0.1, 0.15) is 46.5 Å². The van der Waals surface area contributed by atoms with Gasteiger partial charge in [-0.15, -0.1) is 5.10 Å². The monoisotopic (exact) mass is 331 g/mol. The van der Waals surface area contributed by atoms with Crippen LogP contribution in [0.25, 0.3) is 5.69 Å². The van der Waals surface area contributed by atoms with Gasteiger partial charge in [0.15, 0.2) is 5.82 Å². The lowest BCUT2D eigenvalue weighted by molar-refractivity contribution is -0.123. The molecule has 1 aliphatic carbocycles. The first kappa shape index (κ1) is 16.2. The Morgan fingerprint density at radius 1 is 1.30 bits per heavy atom. The highest BCUT2D eigenvalue weighted by Gasteiger charge is 2.31. The topological polar surface area (TPSA) is 38.1 Å². The first-order valence-electron chi connectivity index (χ1n) is 8.47. The third-order valence-electron chi connectivity index (χ3n) is 4.71. The summed E-state index contributed by atoms with van der Waals surface area (Å²) in [5.74, 6) is 1.90. The zero-order valence-corrected chi connectivity index (χ0v) is 14.9. The number of hydrogen-bond donors (Lipinski definition) is 0. The minimum absolute atomic E-state index is 0.118. The Balaban J connectivity index is 1.80. The van der Waals surface area contributed by atoms with Crippen LogP contribution in [0.15, 0.2) is 29.1 Å². The van der Waals surface area contributed by atoms with Crippen LogP contribution in [-0.4, -0.2) is 21.7 Å². The van der Waals surface area contributed by atoms with Crippen LogP contribution in [-0.2, 0) is 4.79 Å². The number of rotatable bonds is 4. The SMILES string of the molecule is CC1CCC(C(=O)N(c2ccn(-c3ccsc3)n2)C(C)C)CC1. The maximum atomic E-state index is 13.0. The van der Waals surface area contributed by atoms with Gasteiger partial charge >= 0.3 is 0 Å². The molecule has 2 aromatic heterocycles. The molecular weight excluding hydrogens is 306 g/mol. The Morgan fingerprint density at radius 3 is 2.65 bits per heavy atom. The van der Waals surface area contributed by atoms with E-state index in [1.165, 1.54) is 0 Å². The molecule has 0 N–H and O–H groups in total. The van der Waals surface area contributed by atoms with Gasteiger partial charge in [-0.25, -0.2) is 4.68 Å². The molecule has 0 atom stereocenters. The van der Waals surface area contributed by atoms with Gasteiger partial charge in [0.05, 0.1) is 5.69 Å². The Bertz CT molecular complexity index is 639. The van der Waals surface area contributed by atoms with Crippen molar-refractivity contribution >= 4 is 23.1 Å². The number of nitrogens with zero attached hydrogens (tertiary/aromatic N) is 3. The van der Waals surface area contributed by atoms with E-state index in [1.807, 2.05) is 33.3 Å². The van der Waals surface area contributed by atoms with E-state index >= 15 is 0 Å². The van der Waals surface area contributed by atoms with E-state index in [1.54, 1.807) is 11.3 Å². The van der Waals surface area contributed by atoms with Crippen molar-refractivity contribution in [2.75, 3.05) is 4.90 Å². The Labute approximate surface area is 142 Å². The van der Waals surface area contributed by atoms with Crippen molar-refractivity contribution in [3.8, 4) is 5.69 Å². The molecule has 3 rings (SSSR count). The normalized spacial score (nSPS) is 21.6. The highest BCUT2D eigenvalue weighted by molar-refractivity contribution is 7.08. The molecule has 23 heavy (non-hydrogen) atoms. The molecule has 2 heterocycles. The summed E-state index contributed by atoms with van der Waals surface area (Å²) in [6.45, 7) is 6.41. The molecule has 2 aromatic rings. The zero-order valence-electron chi connectivity index (χ0n) is 14.1. The zero-order chi connectivity index (χ0) is 16.4. The minimum atomic E-state index is 0.118. The molecule has 1 saturated carbocycles. The molecule has 1 fully saturated rings. The maximum Gasteiger partial charge on any atom is 0.231 e. The molecule has 5 heteroatoms. The number of thiophene rings is 1. The number of anilines is 1. The second kappa shape index (κ2) is 6.87. The van der Waals surface area contributed by atoms with Gasteiger partial charge in [-0.3, -0.25) is 9.69 Å². The van der Waals surface area contributed by atoms with Gasteiger partial charge in [-0.05, 0) is 56.9 Å². The van der Waals surface area contributed by atoms with E-state index in [0.717, 1.165) is 43.1 Å². The predicted octanol–water partition coefficient (Wildman–Crippen LogP) is 4.50. The summed E-state index contributed by atoms with van der Waals surface area (Å²) in [7, 11) is 0. The third-order valence-corrected chi connectivity index (χ3v) is 5.38. The average molecular weight is 331 g/mol. The van der Waals surface area contributed by atoms with E-state index < -0.39 is 0 Å². The molecule has 0 saturated heterocycles. The van der Waals surface area contributed by atoms with Gasteiger partial charge < -0.3 is 0 Å². The lowest BCUT2D eigenvalue weighted by Crippen LogP contribution is -2.42. The fourth-order valence-corrected chi connectivity index (χ4v) is 3.93. The molecule has 1 amide bonds. The standard InChI is InChI=1S/C18H25N3OS/c1-13(2)21(18(22)15-6-4-14(3)5-7-15)17-8-10-20(19-17)16-9-11-23-12-16/h8-15H,4-7H2,1-3H3. The Morgan fingerprint density at radius 2 is 2.04 bits per heavy atom. The summed E-state index contributed by atoms with van der Waals surface area (Å²) in [4.78, 5) is 14.9. The van der Waals surface area contributed by atoms with Crippen LogP contribution >= 0.6 is 11.3 Å². The van der Waals surface area contributed by atoms with Crippen LogP contribution in [0.5, 0.6) is 0 Å². The largest absolute Gasteiger partial charge is 0.293 e. The minimum Gasteiger partial charge on any atom is -0.293 e. The van der Waals surface area contributed by atoms with Crippen molar-refractivity contribution in [1.82, 2.24) is 9.78 Å². The first-order valence-corrected chi connectivity index (χ1v) is 9.42. The van der Waals surface area contributed by atoms with Crippen LogP contribution < -0.4 is 4.90 Å². The van der Waals surface area contributed by atoms with E-state index in [9.17, 15) is 4.79 Å². The fraction of sp³-hybridized carbons (Fsp3) is 0.556. The number of carbonyl (C=O) groups excluding carboxylic acids is 1. The van der Waals surface area contributed by atoms with Crippen molar-refractivity contribution < 1.29 is 4.79 Å². The summed E-state index contributed by atoms with van der Waals surface area (Å²) in [5, 5.41) is 8.72. The second-order valence-corrected chi connectivity index (χ2v) is 7.64. The second-order valence-electron chi connectivity index (χ2n) is 6.86. The molecule has 0 unspecified atom stereocenters. The van der Waals surface area contributed by atoms with Crippen molar-refractivity contribution in [3.05, 3.63) is 29.1 Å². The Hall–Kier alpha value is -1.62. The van der Waals surface area contributed by atoms with E-state index in [-0.39, 0.29) is 17.9 Å². The molecular formula is C18H25N3OS. The van der Waals surface area contributed by atoms with Crippen molar-refractivity contribution in [2.24, 2.45) is 11.8 Å². The summed E-state index contributed by atoms with van der Waals surface area (Å²) in [5.41, 5.74) is 1.05. The first-order chi connectivity index (χ1) is 11.1. The van der Waals surface area contributed by atoms with Crippen molar-refractivity contribution in [2.45, 2.75) is 52.5 Å². The molecule has 0 aliphatic heterocycles. The number of aromatic nitrogens is 2. The molecule has 0 radical (unpaired) electrons. The Kier molecular flexibility index (Phi) is 4.85. The van der Waals surface area contributed by atoms with Crippen LogP contribution in [0.3, 0.4) is 0 Å². The number of amides is 1. The smallest absolute Gasteiger partial charge is 0.231 e. The lowest BCUT2D eigenvalue weighted by atomic mass is 9.82. The summed E-state index contributed by atoms with van der Waals surface area (Å²) >= 11 is 1.65. The van der Waals surface area contributed by atoms with E-state index in [4.69, 9.17) is 0 Å². The van der Waals surface area contributed by atoms with E-state index in [0.29, 0.717) is 0 Å². The van der Waals surface area contributed by atoms with Gasteiger partial charge in [0, 0.05) is 29.6 Å². The van der Waals surface area contributed by atoms with Gasteiger partial charge in [-0.1, -0.05) is 6.92 Å². The summed E-state index contributed by atoms with van der Waals surface area (Å²) in [6.07, 6.45) is 6.27. The van der Waals surface area contributed by atoms with Crippen LogP contribution in [0, 0.1) is 11.8 Å². The fourth-order valence-electron chi connectivity index (χ4n) is 3.31. The van der Waals surface area contributed by atoms with Gasteiger partial charge in [0.25, 0.3) is 0 Å². The van der Waals surface area contributed by atoms with Gasteiger partial charge in [-0.2, -0.15) is 11.3 Å². The third kappa shape index (κ3) is 3.50. The molecule has 1 aliphatic rings. The van der Waals surface area contributed by atoms with Crippen LogP contribution in [0.4, 0.5) is 5.82 Å².